The number of carbonyl (C=O) groups is 1. The van der Waals surface area contributed by atoms with Gasteiger partial charge in [-0.2, -0.15) is 13.5 Å². The molecule has 0 aliphatic heterocycles. The highest BCUT2D eigenvalue weighted by atomic mass is 32.2. The molecule has 0 bridgehead atoms. The van der Waals surface area contributed by atoms with Crippen molar-refractivity contribution >= 4 is 60.0 Å². The number of aromatic nitrogens is 3. The van der Waals surface area contributed by atoms with Gasteiger partial charge in [0.05, 0.1) is 28.6 Å². The lowest BCUT2D eigenvalue weighted by atomic mass is 10.1. The molecule has 1 aromatic carbocycles. The number of aromatic carboxylic acids is 1. The molecule has 2 heterocycles. The summed E-state index contributed by atoms with van der Waals surface area (Å²) in [6.07, 6.45) is 2.90. The maximum absolute atomic E-state index is 11.8. The average Bonchev–Trinajstić information content (AvgIpc) is 3.30. The third-order valence-corrected chi connectivity index (χ3v) is 7.06. The van der Waals surface area contributed by atoms with Gasteiger partial charge in [0, 0.05) is 12.1 Å². The molecule has 0 saturated heterocycles. The number of fused-ring (bicyclic) bond motifs is 1. The van der Waals surface area contributed by atoms with Crippen molar-refractivity contribution in [3.05, 3.63) is 47.4 Å². The van der Waals surface area contributed by atoms with Crippen molar-refractivity contribution in [3.63, 3.8) is 0 Å². The van der Waals surface area contributed by atoms with Gasteiger partial charge in [-0.05, 0) is 31.2 Å². The number of nitrogens with two attached hydrogens (primary N) is 1. The molecule has 172 valence electrons. The Morgan fingerprint density at radius 1 is 1.33 bits per heavy atom. The van der Waals surface area contributed by atoms with Crippen LogP contribution >= 0.6 is 11.3 Å². The highest BCUT2D eigenvalue weighted by molar-refractivity contribution is 7.86. The Labute approximate surface area is 191 Å². The second kappa shape index (κ2) is 8.38. The molecule has 1 aliphatic rings. The number of azo groups is 1. The first-order chi connectivity index (χ1) is 15.6. The van der Waals surface area contributed by atoms with Crippen LogP contribution in [0.15, 0.2) is 46.3 Å². The van der Waals surface area contributed by atoms with Gasteiger partial charge in [0.2, 0.25) is 5.13 Å². The number of nitrogens with zero attached hydrogens (tertiary/aromatic N) is 5. The molecule has 33 heavy (non-hydrogen) atoms. The predicted octanol–water partition coefficient (Wildman–Crippen LogP) is 3.53. The number of thiazole rings is 1. The SMILES string of the molecule is COC1=CC=C(n2nc(C)c(/N=N/c3nc4cccc(C(=O)O)c4s3)c2N)CC1S(=O)(=O)O. The van der Waals surface area contributed by atoms with Gasteiger partial charge >= 0.3 is 5.97 Å². The maximum atomic E-state index is 11.8. The zero-order valence-corrected chi connectivity index (χ0v) is 19.0. The van der Waals surface area contributed by atoms with Crippen LogP contribution in [0.2, 0.25) is 0 Å². The van der Waals surface area contributed by atoms with E-state index in [2.05, 4.69) is 20.3 Å². The van der Waals surface area contributed by atoms with Crippen molar-refractivity contribution in [2.45, 2.75) is 18.6 Å². The lowest BCUT2D eigenvalue weighted by Gasteiger charge is -2.22. The molecule has 12 nitrogen and oxygen atoms in total. The van der Waals surface area contributed by atoms with Crippen molar-refractivity contribution in [1.82, 2.24) is 14.8 Å². The monoisotopic (exact) mass is 490 g/mol. The van der Waals surface area contributed by atoms with Crippen molar-refractivity contribution < 1.29 is 27.6 Å². The maximum Gasteiger partial charge on any atom is 0.337 e. The first-order valence-corrected chi connectivity index (χ1v) is 11.7. The van der Waals surface area contributed by atoms with Crippen LogP contribution in [0.4, 0.5) is 16.6 Å². The number of carboxylic acids is 1. The highest BCUT2D eigenvalue weighted by Crippen LogP contribution is 2.36. The minimum Gasteiger partial charge on any atom is -0.500 e. The molecule has 0 fully saturated rings. The smallest absolute Gasteiger partial charge is 0.337 e. The van der Waals surface area contributed by atoms with Crippen molar-refractivity contribution in [1.29, 1.82) is 0 Å². The number of hydrogen-bond donors (Lipinski definition) is 3. The van der Waals surface area contributed by atoms with Crippen LogP contribution in [0.3, 0.4) is 0 Å². The average molecular weight is 491 g/mol. The Balaban J connectivity index is 1.68. The Kier molecular flexibility index (Phi) is 5.73. The largest absolute Gasteiger partial charge is 0.500 e. The molecule has 14 heteroatoms. The molecular formula is C19H18N6O6S2. The molecular weight excluding hydrogens is 472 g/mol. The lowest BCUT2D eigenvalue weighted by molar-refractivity contribution is 0.0699. The molecule has 1 atom stereocenters. The van der Waals surface area contributed by atoms with E-state index in [4.69, 9.17) is 10.5 Å². The molecule has 3 aromatic rings. The standard InChI is InChI=1S/C19H18N6O6S2/c1-9-15(22-23-19-21-12-5-3-4-11(18(26)27)16(12)32-19)17(20)25(24-9)10-6-7-13(31-2)14(8-10)33(28,29)30/h3-7,14H,8,20H2,1-2H3,(H,26,27)(H,28,29,30)/b23-22+. The van der Waals surface area contributed by atoms with Gasteiger partial charge in [-0.15, -0.1) is 10.2 Å². The number of rotatable bonds is 6. The Morgan fingerprint density at radius 3 is 2.76 bits per heavy atom. The highest BCUT2D eigenvalue weighted by Gasteiger charge is 2.33. The van der Waals surface area contributed by atoms with Crippen molar-refractivity contribution in [2.75, 3.05) is 12.8 Å². The third kappa shape index (κ3) is 4.22. The van der Waals surface area contributed by atoms with E-state index in [0.29, 0.717) is 21.6 Å². The van der Waals surface area contributed by atoms with E-state index >= 15 is 0 Å². The van der Waals surface area contributed by atoms with Gasteiger partial charge in [-0.3, -0.25) is 4.55 Å². The third-order valence-electron chi connectivity index (χ3n) is 4.95. The number of hydrogen-bond acceptors (Lipinski definition) is 10. The van der Waals surface area contributed by atoms with Gasteiger partial charge in [-0.25, -0.2) is 14.5 Å². The van der Waals surface area contributed by atoms with E-state index in [0.717, 1.165) is 11.3 Å². The van der Waals surface area contributed by atoms with Crippen LogP contribution < -0.4 is 5.73 Å². The summed E-state index contributed by atoms with van der Waals surface area (Å²) in [4.78, 5) is 15.7. The van der Waals surface area contributed by atoms with Gasteiger partial charge in [0.25, 0.3) is 10.1 Å². The molecule has 0 amide bonds. The van der Waals surface area contributed by atoms with Gasteiger partial charge in [0.15, 0.2) is 11.5 Å². The summed E-state index contributed by atoms with van der Waals surface area (Å²) in [7, 11) is -3.11. The summed E-state index contributed by atoms with van der Waals surface area (Å²) in [6.45, 7) is 1.65. The zero-order valence-electron chi connectivity index (χ0n) is 17.3. The number of nitrogen functional groups attached to an aromatic ring is 1. The van der Waals surface area contributed by atoms with Crippen LogP contribution in [-0.2, 0) is 14.9 Å². The summed E-state index contributed by atoms with van der Waals surface area (Å²) >= 11 is 1.08. The molecule has 2 aromatic heterocycles. The van der Waals surface area contributed by atoms with E-state index in [1.807, 2.05) is 0 Å². The fourth-order valence-electron chi connectivity index (χ4n) is 3.37. The summed E-state index contributed by atoms with van der Waals surface area (Å²) in [5.74, 6) is -0.859. The fraction of sp³-hybridized carbons (Fsp3) is 0.211. The second-order valence-electron chi connectivity index (χ2n) is 7.03. The lowest BCUT2D eigenvalue weighted by Crippen LogP contribution is -2.27. The number of aryl methyl sites for hydroxylation is 1. The quantitative estimate of drug-likeness (QED) is 0.344. The Hall–Kier alpha value is -3.62. The molecule has 1 unspecified atom stereocenters. The molecule has 0 radical (unpaired) electrons. The van der Waals surface area contributed by atoms with Crippen LogP contribution in [0.1, 0.15) is 22.5 Å². The van der Waals surface area contributed by atoms with E-state index in [1.165, 1.54) is 23.9 Å². The van der Waals surface area contributed by atoms with Crippen molar-refractivity contribution in [3.8, 4) is 0 Å². The number of allylic oxidation sites excluding steroid dienone is 3. The van der Waals surface area contributed by atoms with Gasteiger partial charge < -0.3 is 15.6 Å². The van der Waals surface area contributed by atoms with Crippen LogP contribution in [0.5, 0.6) is 0 Å². The Bertz CT molecular complexity index is 1470. The number of ether oxygens (including phenoxy) is 1. The number of anilines is 1. The van der Waals surface area contributed by atoms with E-state index in [-0.39, 0.29) is 34.4 Å². The number of carboxylic acid groups (broad SMARTS) is 1. The predicted molar refractivity (Wildman–Crippen MR) is 121 cm³/mol. The fourth-order valence-corrected chi connectivity index (χ4v) is 5.12. The summed E-state index contributed by atoms with van der Waals surface area (Å²) in [5, 5.41) is 20.8. The zero-order chi connectivity index (χ0) is 23.9. The minimum absolute atomic E-state index is 0.0974. The van der Waals surface area contributed by atoms with Gasteiger partial charge in [-0.1, -0.05) is 17.4 Å². The number of methoxy groups -OCH3 is 1. The summed E-state index contributed by atoms with van der Waals surface area (Å²) in [5.41, 5.74) is 7.90. The molecule has 0 spiro atoms. The van der Waals surface area contributed by atoms with Crippen LogP contribution in [0, 0.1) is 6.92 Å². The first-order valence-electron chi connectivity index (χ1n) is 9.41. The van der Waals surface area contributed by atoms with Crippen LogP contribution in [0.25, 0.3) is 15.9 Å². The Morgan fingerprint density at radius 2 is 2.09 bits per heavy atom. The van der Waals surface area contributed by atoms with Crippen molar-refractivity contribution in [2.24, 2.45) is 10.2 Å². The molecule has 1 aliphatic carbocycles. The normalized spacial score (nSPS) is 16.8. The van der Waals surface area contributed by atoms with E-state index < -0.39 is 21.3 Å². The minimum atomic E-state index is -4.42. The topological polar surface area (TPSA) is 182 Å². The summed E-state index contributed by atoms with van der Waals surface area (Å²) in [6, 6.07) is 4.76. The number of benzene rings is 1. The first kappa shape index (κ1) is 22.6. The van der Waals surface area contributed by atoms with Gasteiger partial charge in [0.1, 0.15) is 11.0 Å². The molecule has 0 saturated carbocycles. The second-order valence-corrected chi connectivity index (χ2v) is 9.60. The summed E-state index contributed by atoms with van der Waals surface area (Å²) < 4.78 is 39.9. The van der Waals surface area contributed by atoms with E-state index in [9.17, 15) is 22.9 Å². The van der Waals surface area contributed by atoms with E-state index in [1.54, 1.807) is 25.1 Å². The van der Waals surface area contributed by atoms with Crippen LogP contribution in [-0.4, -0.2) is 51.2 Å². The molecule has 4 rings (SSSR count). The molecule has 4 N–H and O–H groups in total.